The Morgan fingerprint density at radius 3 is 2.08 bits per heavy atom. The number of hydrogen-bond donors (Lipinski definition) is 1. The molecule has 0 bridgehead atoms. The summed E-state index contributed by atoms with van der Waals surface area (Å²) in [7, 11) is -3.51. The van der Waals surface area contributed by atoms with Crippen molar-refractivity contribution in [1.29, 1.82) is 0 Å². The number of carbonyl (C=O) groups is 2. The summed E-state index contributed by atoms with van der Waals surface area (Å²) < 4.78 is 26.4. The van der Waals surface area contributed by atoms with Gasteiger partial charge in [-0.15, -0.1) is 0 Å². The van der Waals surface area contributed by atoms with Gasteiger partial charge in [0.05, 0.1) is 11.9 Å². The molecule has 0 fully saturated rings. The average molecular weight is 530 g/mol. The van der Waals surface area contributed by atoms with Gasteiger partial charge in [-0.1, -0.05) is 63.2 Å². The third-order valence-electron chi connectivity index (χ3n) is 6.66. The van der Waals surface area contributed by atoms with Gasteiger partial charge in [0.1, 0.15) is 6.04 Å². The lowest BCUT2D eigenvalue weighted by molar-refractivity contribution is -0.141. The van der Waals surface area contributed by atoms with Crippen molar-refractivity contribution < 1.29 is 18.0 Å². The Morgan fingerprint density at radius 1 is 0.892 bits per heavy atom. The number of anilines is 1. The summed E-state index contributed by atoms with van der Waals surface area (Å²) in [6.07, 6.45) is 4.51. The molecule has 0 aliphatic rings. The Morgan fingerprint density at radius 2 is 1.54 bits per heavy atom. The van der Waals surface area contributed by atoms with Crippen molar-refractivity contribution in [2.45, 2.75) is 78.3 Å². The lowest BCUT2D eigenvalue weighted by Crippen LogP contribution is -2.51. The van der Waals surface area contributed by atoms with Crippen molar-refractivity contribution in [2.24, 2.45) is 0 Å². The minimum atomic E-state index is -3.51. The minimum Gasteiger partial charge on any atom is -0.352 e. The zero-order chi connectivity index (χ0) is 27.4. The third kappa shape index (κ3) is 9.50. The van der Waals surface area contributed by atoms with Crippen LogP contribution in [0.25, 0.3) is 0 Å². The fraction of sp³-hybridized carbons (Fsp3) is 0.517. The number of rotatable bonds is 15. The number of amides is 2. The highest BCUT2D eigenvalue weighted by molar-refractivity contribution is 7.92. The van der Waals surface area contributed by atoms with Crippen LogP contribution >= 0.6 is 0 Å². The molecule has 0 aliphatic carbocycles. The van der Waals surface area contributed by atoms with Crippen molar-refractivity contribution >= 4 is 27.5 Å². The second-order valence-electron chi connectivity index (χ2n) is 9.52. The Balaban J connectivity index is 2.16. The quantitative estimate of drug-likeness (QED) is 0.366. The number of carbonyl (C=O) groups excluding carboxylic acids is 2. The maximum absolute atomic E-state index is 13.5. The van der Waals surface area contributed by atoms with Crippen LogP contribution in [0, 0.1) is 0 Å². The summed E-state index contributed by atoms with van der Waals surface area (Å²) in [5, 5.41) is 3.02. The van der Waals surface area contributed by atoms with Gasteiger partial charge in [-0.25, -0.2) is 8.42 Å². The summed E-state index contributed by atoms with van der Waals surface area (Å²) in [5.41, 5.74) is 2.81. The van der Waals surface area contributed by atoms with Gasteiger partial charge in [0, 0.05) is 25.6 Å². The van der Waals surface area contributed by atoms with Crippen molar-refractivity contribution in [3.8, 4) is 0 Å². The van der Waals surface area contributed by atoms with Crippen molar-refractivity contribution in [3.63, 3.8) is 0 Å². The predicted octanol–water partition coefficient (Wildman–Crippen LogP) is 4.56. The van der Waals surface area contributed by atoms with E-state index in [0.29, 0.717) is 31.5 Å². The third-order valence-corrected chi connectivity index (χ3v) is 7.85. The molecule has 0 radical (unpaired) electrons. The minimum absolute atomic E-state index is 0.0232. The van der Waals surface area contributed by atoms with E-state index >= 15 is 0 Å². The molecular weight excluding hydrogens is 486 g/mol. The van der Waals surface area contributed by atoms with Gasteiger partial charge in [0.2, 0.25) is 21.8 Å². The number of sulfonamides is 1. The molecule has 0 saturated heterocycles. The van der Waals surface area contributed by atoms with E-state index in [0.717, 1.165) is 24.0 Å². The van der Waals surface area contributed by atoms with Gasteiger partial charge in [0.25, 0.3) is 0 Å². The molecule has 2 atom stereocenters. The summed E-state index contributed by atoms with van der Waals surface area (Å²) in [4.78, 5) is 28.2. The maximum Gasteiger partial charge on any atom is 0.243 e. The summed E-state index contributed by atoms with van der Waals surface area (Å²) in [5.74, 6) is -0.288. The maximum atomic E-state index is 13.5. The Kier molecular flexibility index (Phi) is 12.1. The highest BCUT2D eigenvalue weighted by atomic mass is 32.2. The molecule has 0 heterocycles. The van der Waals surface area contributed by atoms with Crippen LogP contribution in [0.4, 0.5) is 5.69 Å². The molecule has 0 aliphatic heterocycles. The standard InChI is InChI=1S/C29H43N3O4S/c1-6-23(4)30-29(34)27(8-3)31(22-20-25-13-10-9-11-14-25)28(33)15-12-21-32(37(5,35)36)26-18-16-24(7-2)17-19-26/h9-11,13-14,16-19,23,27H,6-8,12,15,20-22H2,1-5H3,(H,30,34)/t23-,27+/m1/s1. The largest absolute Gasteiger partial charge is 0.352 e. The number of nitrogens with one attached hydrogen (secondary N) is 1. The van der Waals surface area contributed by atoms with Crippen LogP contribution in [0.1, 0.15) is 64.5 Å². The van der Waals surface area contributed by atoms with Gasteiger partial charge < -0.3 is 10.2 Å². The molecule has 0 spiro atoms. The molecular formula is C29H43N3O4S. The topological polar surface area (TPSA) is 86.8 Å². The lowest BCUT2D eigenvalue weighted by atomic mass is 10.1. The fourth-order valence-corrected chi connectivity index (χ4v) is 5.20. The highest BCUT2D eigenvalue weighted by Gasteiger charge is 2.29. The zero-order valence-corrected chi connectivity index (χ0v) is 23.8. The van der Waals surface area contributed by atoms with Crippen molar-refractivity contribution in [1.82, 2.24) is 10.2 Å². The number of hydrogen-bond acceptors (Lipinski definition) is 4. The fourth-order valence-electron chi connectivity index (χ4n) is 4.24. The van der Waals surface area contributed by atoms with E-state index < -0.39 is 16.1 Å². The van der Waals surface area contributed by atoms with Crippen LogP contribution < -0.4 is 9.62 Å². The van der Waals surface area contributed by atoms with Crippen molar-refractivity contribution in [2.75, 3.05) is 23.7 Å². The SMILES string of the molecule is CCc1ccc(N(CCCC(=O)N(CCc2ccccc2)[C@@H](CC)C(=O)N[C@H](C)CC)S(C)(=O)=O)cc1. The van der Waals surface area contributed by atoms with Crippen LogP contribution in [0.2, 0.25) is 0 Å². The predicted molar refractivity (Wildman–Crippen MR) is 151 cm³/mol. The Bertz CT molecular complexity index is 1090. The molecule has 204 valence electrons. The first-order valence-electron chi connectivity index (χ1n) is 13.3. The van der Waals surface area contributed by atoms with Gasteiger partial charge >= 0.3 is 0 Å². The smallest absolute Gasteiger partial charge is 0.243 e. The molecule has 0 aromatic heterocycles. The molecule has 2 amide bonds. The van der Waals surface area contributed by atoms with Crippen LogP contribution in [0.5, 0.6) is 0 Å². The first kappa shape index (κ1) is 30.4. The van der Waals surface area contributed by atoms with Gasteiger partial charge in [0.15, 0.2) is 0 Å². The molecule has 2 aromatic rings. The zero-order valence-electron chi connectivity index (χ0n) is 22.9. The number of nitrogens with zero attached hydrogens (tertiary/aromatic N) is 2. The van der Waals surface area contributed by atoms with Gasteiger partial charge in [-0.2, -0.15) is 0 Å². The molecule has 7 nitrogen and oxygen atoms in total. The normalized spacial score (nSPS) is 13.0. The molecule has 2 aromatic carbocycles. The van der Waals surface area contributed by atoms with E-state index in [9.17, 15) is 18.0 Å². The number of benzene rings is 2. The van der Waals surface area contributed by atoms with E-state index in [1.54, 1.807) is 17.0 Å². The van der Waals surface area contributed by atoms with Gasteiger partial charge in [-0.05, 0) is 62.3 Å². The Labute approximate surface area is 223 Å². The molecule has 0 saturated carbocycles. The monoisotopic (exact) mass is 529 g/mol. The summed E-state index contributed by atoms with van der Waals surface area (Å²) in [6.45, 7) is 8.53. The van der Waals surface area contributed by atoms with Crippen LogP contribution in [0.3, 0.4) is 0 Å². The van der Waals surface area contributed by atoms with E-state index in [-0.39, 0.29) is 30.8 Å². The second-order valence-corrected chi connectivity index (χ2v) is 11.4. The lowest BCUT2D eigenvalue weighted by Gasteiger charge is -2.32. The molecule has 2 rings (SSSR count). The molecule has 0 unspecified atom stereocenters. The van der Waals surface area contributed by atoms with Crippen LogP contribution in [-0.4, -0.2) is 56.6 Å². The Hall–Kier alpha value is -2.87. The van der Waals surface area contributed by atoms with Crippen molar-refractivity contribution in [3.05, 3.63) is 65.7 Å². The van der Waals surface area contributed by atoms with E-state index in [1.807, 2.05) is 70.2 Å². The van der Waals surface area contributed by atoms with E-state index in [1.165, 1.54) is 10.6 Å². The molecule has 1 N–H and O–H groups in total. The summed E-state index contributed by atoms with van der Waals surface area (Å²) >= 11 is 0. The van der Waals surface area contributed by atoms with Gasteiger partial charge in [-0.3, -0.25) is 13.9 Å². The van der Waals surface area contributed by atoms with E-state index in [4.69, 9.17) is 0 Å². The first-order chi connectivity index (χ1) is 17.6. The summed E-state index contributed by atoms with van der Waals surface area (Å²) in [6, 6.07) is 16.8. The molecule has 37 heavy (non-hydrogen) atoms. The highest BCUT2D eigenvalue weighted by Crippen LogP contribution is 2.20. The number of aryl methyl sites for hydroxylation is 1. The average Bonchev–Trinajstić information content (AvgIpc) is 2.88. The first-order valence-corrected chi connectivity index (χ1v) is 15.2. The molecule has 8 heteroatoms. The van der Waals surface area contributed by atoms with Crippen LogP contribution in [-0.2, 0) is 32.5 Å². The van der Waals surface area contributed by atoms with Crippen LogP contribution in [0.15, 0.2) is 54.6 Å². The second kappa shape index (κ2) is 14.8. The van der Waals surface area contributed by atoms with E-state index in [2.05, 4.69) is 5.32 Å².